The van der Waals surface area contributed by atoms with Crippen LogP contribution in [0.5, 0.6) is 5.75 Å². The number of thiophene rings is 1. The van der Waals surface area contributed by atoms with E-state index in [1.807, 2.05) is 18.2 Å². The predicted octanol–water partition coefficient (Wildman–Crippen LogP) is 3.23. The SMILES string of the molecule is CN=C(NCCc1cccs1)NCC(C)Oc1ccccc1C. The van der Waals surface area contributed by atoms with E-state index in [1.165, 1.54) is 4.88 Å². The minimum atomic E-state index is 0.0620. The molecule has 1 aromatic carbocycles. The molecule has 0 spiro atoms. The van der Waals surface area contributed by atoms with Crippen LogP contribution in [0.3, 0.4) is 0 Å². The maximum absolute atomic E-state index is 5.96. The van der Waals surface area contributed by atoms with Crippen molar-refractivity contribution in [2.24, 2.45) is 4.99 Å². The normalized spacial score (nSPS) is 12.7. The standard InChI is InChI=1S/C18H25N3OS/c1-14-7-4-5-9-17(14)22-15(2)13-21-18(19-3)20-11-10-16-8-6-12-23-16/h4-9,12,15H,10-11,13H2,1-3H3,(H2,19,20,21). The molecule has 0 aliphatic carbocycles. The topological polar surface area (TPSA) is 45.7 Å². The van der Waals surface area contributed by atoms with Crippen molar-refractivity contribution in [3.63, 3.8) is 0 Å². The Hall–Kier alpha value is -2.01. The second-order valence-electron chi connectivity index (χ2n) is 5.40. The van der Waals surface area contributed by atoms with Crippen LogP contribution in [0.25, 0.3) is 0 Å². The van der Waals surface area contributed by atoms with Gasteiger partial charge in [-0.15, -0.1) is 11.3 Å². The highest BCUT2D eigenvalue weighted by molar-refractivity contribution is 7.09. The first-order valence-electron chi connectivity index (χ1n) is 7.88. The average molecular weight is 331 g/mol. The highest BCUT2D eigenvalue weighted by Gasteiger charge is 2.07. The maximum Gasteiger partial charge on any atom is 0.191 e. The third-order valence-electron chi connectivity index (χ3n) is 3.45. The first-order valence-corrected chi connectivity index (χ1v) is 8.76. The second-order valence-corrected chi connectivity index (χ2v) is 6.44. The van der Waals surface area contributed by atoms with Crippen LogP contribution in [-0.2, 0) is 6.42 Å². The van der Waals surface area contributed by atoms with Gasteiger partial charge in [0.2, 0.25) is 0 Å². The van der Waals surface area contributed by atoms with Gasteiger partial charge in [0.15, 0.2) is 5.96 Å². The number of aliphatic imine (C=N–C) groups is 1. The molecule has 0 saturated heterocycles. The summed E-state index contributed by atoms with van der Waals surface area (Å²) < 4.78 is 5.96. The molecule has 0 aliphatic heterocycles. The number of hydrogen-bond donors (Lipinski definition) is 2. The van der Waals surface area contributed by atoms with Gasteiger partial charge in [0.1, 0.15) is 11.9 Å². The van der Waals surface area contributed by atoms with E-state index >= 15 is 0 Å². The van der Waals surface area contributed by atoms with Gasteiger partial charge in [-0.2, -0.15) is 0 Å². The smallest absolute Gasteiger partial charge is 0.191 e. The van der Waals surface area contributed by atoms with E-state index in [2.05, 4.69) is 53.1 Å². The third-order valence-corrected chi connectivity index (χ3v) is 4.38. The van der Waals surface area contributed by atoms with Crippen molar-refractivity contribution in [2.45, 2.75) is 26.4 Å². The zero-order valence-electron chi connectivity index (χ0n) is 14.0. The number of ether oxygens (including phenoxy) is 1. The van der Waals surface area contributed by atoms with Gasteiger partial charge in [0.05, 0.1) is 6.54 Å². The molecule has 124 valence electrons. The summed E-state index contributed by atoms with van der Waals surface area (Å²) in [4.78, 5) is 5.62. The monoisotopic (exact) mass is 331 g/mol. The van der Waals surface area contributed by atoms with E-state index in [9.17, 15) is 0 Å². The summed E-state index contributed by atoms with van der Waals surface area (Å²) in [5.74, 6) is 1.74. The molecule has 0 fully saturated rings. The summed E-state index contributed by atoms with van der Waals surface area (Å²) in [6.45, 7) is 5.68. The number of nitrogens with one attached hydrogen (secondary N) is 2. The molecule has 4 nitrogen and oxygen atoms in total. The van der Waals surface area contributed by atoms with E-state index in [1.54, 1.807) is 18.4 Å². The van der Waals surface area contributed by atoms with Crippen molar-refractivity contribution in [1.29, 1.82) is 0 Å². The molecule has 2 aromatic rings. The maximum atomic E-state index is 5.96. The van der Waals surface area contributed by atoms with Crippen LogP contribution in [0.2, 0.25) is 0 Å². The first kappa shape index (κ1) is 17.3. The Morgan fingerprint density at radius 2 is 2.04 bits per heavy atom. The minimum Gasteiger partial charge on any atom is -0.489 e. The lowest BCUT2D eigenvalue weighted by atomic mass is 10.2. The van der Waals surface area contributed by atoms with Gasteiger partial charge >= 0.3 is 0 Å². The highest BCUT2D eigenvalue weighted by atomic mass is 32.1. The Balaban J connectivity index is 1.71. The Kier molecular flexibility index (Phi) is 6.94. The van der Waals surface area contributed by atoms with Crippen LogP contribution in [0.1, 0.15) is 17.4 Å². The number of guanidine groups is 1. The summed E-state index contributed by atoms with van der Waals surface area (Å²) in [5, 5.41) is 8.74. The molecule has 2 rings (SSSR count). The van der Waals surface area contributed by atoms with Gasteiger partial charge in [-0.25, -0.2) is 0 Å². The van der Waals surface area contributed by atoms with Gasteiger partial charge < -0.3 is 15.4 Å². The molecule has 0 radical (unpaired) electrons. The molecule has 5 heteroatoms. The fourth-order valence-electron chi connectivity index (χ4n) is 2.17. The van der Waals surface area contributed by atoms with Gasteiger partial charge in [-0.3, -0.25) is 4.99 Å². The van der Waals surface area contributed by atoms with Crippen molar-refractivity contribution in [2.75, 3.05) is 20.1 Å². The number of para-hydroxylation sites is 1. The minimum absolute atomic E-state index is 0.0620. The lowest BCUT2D eigenvalue weighted by molar-refractivity contribution is 0.222. The molecular weight excluding hydrogens is 306 g/mol. The van der Waals surface area contributed by atoms with Crippen molar-refractivity contribution in [3.05, 3.63) is 52.2 Å². The Bertz CT molecular complexity index is 610. The molecule has 0 aliphatic rings. The Morgan fingerprint density at radius 1 is 1.22 bits per heavy atom. The van der Waals surface area contributed by atoms with E-state index < -0.39 is 0 Å². The van der Waals surface area contributed by atoms with E-state index in [0.29, 0.717) is 6.54 Å². The second kappa shape index (κ2) is 9.20. The van der Waals surface area contributed by atoms with Gasteiger partial charge in [-0.05, 0) is 43.3 Å². The molecular formula is C18H25N3OS. The summed E-state index contributed by atoms with van der Waals surface area (Å²) in [6.07, 6.45) is 1.07. The fourth-order valence-corrected chi connectivity index (χ4v) is 2.88. The fraction of sp³-hybridized carbons (Fsp3) is 0.389. The average Bonchev–Trinajstić information content (AvgIpc) is 3.06. The van der Waals surface area contributed by atoms with Gasteiger partial charge in [0, 0.05) is 18.5 Å². The predicted molar refractivity (Wildman–Crippen MR) is 98.7 cm³/mol. The zero-order valence-corrected chi connectivity index (χ0v) is 14.8. The quantitative estimate of drug-likeness (QED) is 0.605. The number of nitrogens with zero attached hydrogens (tertiary/aromatic N) is 1. The lowest BCUT2D eigenvalue weighted by Crippen LogP contribution is -2.42. The Labute approximate surface area is 142 Å². The molecule has 0 saturated carbocycles. The van der Waals surface area contributed by atoms with E-state index in [4.69, 9.17) is 4.74 Å². The van der Waals surface area contributed by atoms with Crippen LogP contribution in [-0.4, -0.2) is 32.2 Å². The summed E-state index contributed by atoms with van der Waals surface area (Å²) in [5.41, 5.74) is 1.15. The molecule has 1 heterocycles. The van der Waals surface area contributed by atoms with E-state index in [0.717, 1.165) is 30.2 Å². The highest BCUT2D eigenvalue weighted by Crippen LogP contribution is 2.17. The van der Waals surface area contributed by atoms with Crippen molar-refractivity contribution in [3.8, 4) is 5.75 Å². The van der Waals surface area contributed by atoms with Crippen LogP contribution < -0.4 is 15.4 Å². The van der Waals surface area contributed by atoms with Gasteiger partial charge in [-0.1, -0.05) is 24.3 Å². The Morgan fingerprint density at radius 3 is 2.74 bits per heavy atom. The summed E-state index contributed by atoms with van der Waals surface area (Å²) in [7, 11) is 1.79. The van der Waals surface area contributed by atoms with Crippen molar-refractivity contribution in [1.82, 2.24) is 10.6 Å². The van der Waals surface area contributed by atoms with Crippen LogP contribution in [0.4, 0.5) is 0 Å². The van der Waals surface area contributed by atoms with E-state index in [-0.39, 0.29) is 6.10 Å². The van der Waals surface area contributed by atoms with Gasteiger partial charge in [0.25, 0.3) is 0 Å². The van der Waals surface area contributed by atoms with Crippen molar-refractivity contribution >= 4 is 17.3 Å². The molecule has 0 amide bonds. The molecule has 1 atom stereocenters. The molecule has 23 heavy (non-hydrogen) atoms. The summed E-state index contributed by atoms with van der Waals surface area (Å²) >= 11 is 1.78. The summed E-state index contributed by atoms with van der Waals surface area (Å²) in [6, 6.07) is 12.3. The van der Waals surface area contributed by atoms with Crippen LogP contribution in [0.15, 0.2) is 46.8 Å². The molecule has 1 unspecified atom stereocenters. The number of rotatable bonds is 7. The largest absolute Gasteiger partial charge is 0.489 e. The molecule has 1 aromatic heterocycles. The molecule has 0 bridgehead atoms. The number of aryl methyl sites for hydroxylation is 1. The molecule has 2 N–H and O–H groups in total. The third kappa shape index (κ3) is 5.94. The zero-order chi connectivity index (χ0) is 16.5. The van der Waals surface area contributed by atoms with Crippen LogP contribution >= 0.6 is 11.3 Å². The first-order chi connectivity index (χ1) is 11.2. The lowest BCUT2D eigenvalue weighted by Gasteiger charge is -2.18. The van der Waals surface area contributed by atoms with Crippen molar-refractivity contribution < 1.29 is 4.74 Å². The number of hydrogen-bond acceptors (Lipinski definition) is 3. The number of benzene rings is 1. The van der Waals surface area contributed by atoms with Crippen LogP contribution in [0, 0.1) is 6.92 Å².